The number of hydrogen-bond donors (Lipinski definition) is 1. The van der Waals surface area contributed by atoms with Gasteiger partial charge >= 0.3 is 0 Å². The van der Waals surface area contributed by atoms with E-state index in [1.165, 1.54) is 0 Å². The standard InChI is InChI=1S/C16H19BrN2O/c1-4-18-15-6-5-7-16(19-15)20-14-9-8-12(17)10-13(14)11(2)3/h5-11H,4H2,1-3H3,(H,18,19). The lowest BCUT2D eigenvalue weighted by molar-refractivity contribution is 0.455. The van der Waals surface area contributed by atoms with Crippen molar-refractivity contribution < 1.29 is 4.74 Å². The zero-order valence-electron chi connectivity index (χ0n) is 12.0. The summed E-state index contributed by atoms with van der Waals surface area (Å²) in [5.41, 5.74) is 1.16. The van der Waals surface area contributed by atoms with E-state index < -0.39 is 0 Å². The van der Waals surface area contributed by atoms with Crippen molar-refractivity contribution >= 4 is 21.7 Å². The number of anilines is 1. The molecule has 1 aromatic heterocycles. The maximum Gasteiger partial charge on any atom is 0.221 e. The number of halogens is 1. The number of nitrogens with zero attached hydrogens (tertiary/aromatic N) is 1. The zero-order chi connectivity index (χ0) is 14.5. The Balaban J connectivity index is 2.27. The molecule has 4 heteroatoms. The molecule has 20 heavy (non-hydrogen) atoms. The van der Waals surface area contributed by atoms with Crippen LogP contribution < -0.4 is 10.1 Å². The number of pyridine rings is 1. The molecule has 0 atom stereocenters. The first kappa shape index (κ1) is 14.9. The van der Waals surface area contributed by atoms with Gasteiger partial charge in [-0.3, -0.25) is 0 Å². The summed E-state index contributed by atoms with van der Waals surface area (Å²) in [6.45, 7) is 7.18. The Bertz CT molecular complexity index is 584. The summed E-state index contributed by atoms with van der Waals surface area (Å²) >= 11 is 3.50. The summed E-state index contributed by atoms with van der Waals surface area (Å²) in [5, 5.41) is 3.18. The van der Waals surface area contributed by atoms with Gasteiger partial charge in [-0.2, -0.15) is 4.98 Å². The van der Waals surface area contributed by atoms with Crippen LogP contribution in [0.1, 0.15) is 32.3 Å². The lowest BCUT2D eigenvalue weighted by Gasteiger charge is -2.14. The average molecular weight is 335 g/mol. The van der Waals surface area contributed by atoms with E-state index in [2.05, 4.69) is 46.1 Å². The van der Waals surface area contributed by atoms with E-state index in [-0.39, 0.29) is 0 Å². The van der Waals surface area contributed by atoms with Crippen molar-refractivity contribution in [2.45, 2.75) is 26.7 Å². The second-order valence-electron chi connectivity index (χ2n) is 4.83. The molecule has 1 aromatic carbocycles. The molecule has 2 rings (SSSR count). The second kappa shape index (κ2) is 6.75. The van der Waals surface area contributed by atoms with E-state index in [0.717, 1.165) is 28.1 Å². The highest BCUT2D eigenvalue weighted by Crippen LogP contribution is 2.32. The third-order valence-corrected chi connectivity index (χ3v) is 3.38. The van der Waals surface area contributed by atoms with Crippen molar-refractivity contribution in [3.05, 3.63) is 46.4 Å². The molecule has 0 aliphatic heterocycles. The van der Waals surface area contributed by atoms with Crippen molar-refractivity contribution in [1.29, 1.82) is 0 Å². The lowest BCUT2D eigenvalue weighted by atomic mass is 10.0. The quantitative estimate of drug-likeness (QED) is 0.816. The Labute approximate surface area is 128 Å². The van der Waals surface area contributed by atoms with Crippen LogP contribution in [0.25, 0.3) is 0 Å². The predicted molar refractivity (Wildman–Crippen MR) is 86.7 cm³/mol. The van der Waals surface area contributed by atoms with Gasteiger partial charge in [0, 0.05) is 17.1 Å². The lowest BCUT2D eigenvalue weighted by Crippen LogP contribution is -2.00. The van der Waals surface area contributed by atoms with Crippen molar-refractivity contribution in [1.82, 2.24) is 4.98 Å². The topological polar surface area (TPSA) is 34.1 Å². The molecular weight excluding hydrogens is 316 g/mol. The van der Waals surface area contributed by atoms with Crippen molar-refractivity contribution in [3.63, 3.8) is 0 Å². The first-order valence-electron chi connectivity index (χ1n) is 6.78. The first-order chi connectivity index (χ1) is 9.60. The molecule has 3 nitrogen and oxygen atoms in total. The molecule has 0 aliphatic carbocycles. The average Bonchev–Trinajstić information content (AvgIpc) is 2.41. The van der Waals surface area contributed by atoms with Crippen molar-refractivity contribution in [3.8, 4) is 11.6 Å². The first-order valence-corrected chi connectivity index (χ1v) is 7.57. The van der Waals surface area contributed by atoms with Gasteiger partial charge in [0.25, 0.3) is 0 Å². The number of hydrogen-bond acceptors (Lipinski definition) is 3. The molecule has 0 spiro atoms. The van der Waals surface area contributed by atoms with Crippen LogP contribution in [0.4, 0.5) is 5.82 Å². The van der Waals surface area contributed by atoms with Gasteiger partial charge in [-0.05, 0) is 42.7 Å². The maximum absolute atomic E-state index is 5.94. The smallest absolute Gasteiger partial charge is 0.221 e. The summed E-state index contributed by atoms with van der Waals surface area (Å²) in [6, 6.07) is 11.8. The van der Waals surface area contributed by atoms with Crippen LogP contribution in [0.5, 0.6) is 11.6 Å². The van der Waals surface area contributed by atoms with Gasteiger partial charge < -0.3 is 10.1 Å². The van der Waals surface area contributed by atoms with Gasteiger partial charge in [0.1, 0.15) is 11.6 Å². The Morgan fingerprint density at radius 1 is 1.25 bits per heavy atom. The Hall–Kier alpha value is -1.55. The minimum atomic E-state index is 0.388. The highest BCUT2D eigenvalue weighted by Gasteiger charge is 2.10. The summed E-state index contributed by atoms with van der Waals surface area (Å²) in [4.78, 5) is 4.44. The molecule has 0 saturated heterocycles. The minimum Gasteiger partial charge on any atom is -0.439 e. The largest absolute Gasteiger partial charge is 0.439 e. The number of rotatable bonds is 5. The number of ether oxygens (including phenoxy) is 1. The van der Waals surface area contributed by atoms with Crippen LogP contribution in [0.3, 0.4) is 0 Å². The summed E-state index contributed by atoms with van der Waals surface area (Å²) < 4.78 is 7.00. The fraction of sp³-hybridized carbons (Fsp3) is 0.312. The molecule has 0 fully saturated rings. The molecule has 106 valence electrons. The minimum absolute atomic E-state index is 0.388. The van der Waals surface area contributed by atoms with E-state index >= 15 is 0 Å². The summed E-state index contributed by atoms with van der Waals surface area (Å²) in [6.07, 6.45) is 0. The molecule has 0 radical (unpaired) electrons. The molecule has 0 aliphatic rings. The summed E-state index contributed by atoms with van der Waals surface area (Å²) in [7, 11) is 0. The Morgan fingerprint density at radius 3 is 2.75 bits per heavy atom. The van der Waals surface area contributed by atoms with Gasteiger partial charge in [-0.25, -0.2) is 0 Å². The Morgan fingerprint density at radius 2 is 2.05 bits per heavy atom. The molecule has 0 amide bonds. The normalized spacial score (nSPS) is 10.7. The molecule has 2 aromatic rings. The van der Waals surface area contributed by atoms with E-state index in [0.29, 0.717) is 11.8 Å². The number of aromatic nitrogens is 1. The number of nitrogens with one attached hydrogen (secondary N) is 1. The van der Waals surface area contributed by atoms with Gasteiger partial charge in [-0.1, -0.05) is 35.8 Å². The van der Waals surface area contributed by atoms with E-state index in [9.17, 15) is 0 Å². The fourth-order valence-electron chi connectivity index (χ4n) is 1.93. The van der Waals surface area contributed by atoms with Crippen LogP contribution in [0.2, 0.25) is 0 Å². The second-order valence-corrected chi connectivity index (χ2v) is 5.75. The molecule has 1 N–H and O–H groups in total. The van der Waals surface area contributed by atoms with Crippen LogP contribution in [-0.2, 0) is 0 Å². The predicted octanol–water partition coefficient (Wildman–Crippen LogP) is 5.19. The van der Waals surface area contributed by atoms with Gasteiger partial charge in [0.2, 0.25) is 5.88 Å². The SMILES string of the molecule is CCNc1cccc(Oc2ccc(Br)cc2C(C)C)n1. The van der Waals surface area contributed by atoms with Gasteiger partial charge in [-0.15, -0.1) is 0 Å². The highest BCUT2D eigenvalue weighted by atomic mass is 79.9. The molecule has 0 unspecified atom stereocenters. The van der Waals surface area contributed by atoms with E-state index in [1.54, 1.807) is 0 Å². The third-order valence-electron chi connectivity index (χ3n) is 2.89. The van der Waals surface area contributed by atoms with Crippen molar-refractivity contribution in [2.75, 3.05) is 11.9 Å². The molecule has 0 saturated carbocycles. The highest BCUT2D eigenvalue weighted by molar-refractivity contribution is 9.10. The van der Waals surface area contributed by atoms with Crippen LogP contribution in [-0.4, -0.2) is 11.5 Å². The summed E-state index contributed by atoms with van der Waals surface area (Å²) in [5.74, 6) is 2.67. The molecule has 1 heterocycles. The zero-order valence-corrected chi connectivity index (χ0v) is 13.6. The van der Waals surface area contributed by atoms with E-state index in [1.807, 2.05) is 37.3 Å². The van der Waals surface area contributed by atoms with Crippen LogP contribution >= 0.6 is 15.9 Å². The van der Waals surface area contributed by atoms with Gasteiger partial charge in [0.05, 0.1) is 0 Å². The Kier molecular flexibility index (Phi) is 5.01. The maximum atomic E-state index is 5.94. The van der Waals surface area contributed by atoms with Crippen molar-refractivity contribution in [2.24, 2.45) is 0 Å². The third kappa shape index (κ3) is 3.73. The van der Waals surface area contributed by atoms with E-state index in [4.69, 9.17) is 4.74 Å². The van der Waals surface area contributed by atoms with Gasteiger partial charge in [0.15, 0.2) is 0 Å². The fourth-order valence-corrected chi connectivity index (χ4v) is 2.31. The molecule has 0 bridgehead atoms. The number of benzene rings is 1. The van der Waals surface area contributed by atoms with Crippen LogP contribution in [0, 0.1) is 0 Å². The monoisotopic (exact) mass is 334 g/mol. The molecular formula is C16H19BrN2O. The van der Waals surface area contributed by atoms with Crippen LogP contribution in [0.15, 0.2) is 40.9 Å².